The van der Waals surface area contributed by atoms with Crippen LogP contribution in [0.4, 0.5) is 5.69 Å². The minimum Gasteiger partial charge on any atom is -0.360 e. The lowest BCUT2D eigenvalue weighted by atomic mass is 10.1. The Labute approximate surface area is 128 Å². The zero-order chi connectivity index (χ0) is 14.7. The Hall–Kier alpha value is -2.26. The molecule has 0 saturated carbocycles. The Kier molecular flexibility index (Phi) is 3.93. The SMILES string of the molecule is CCc1cccc2c(C=NNc3ccc(Cl)cc3)c[nH]c12. The molecule has 0 saturated heterocycles. The van der Waals surface area contributed by atoms with Gasteiger partial charge in [0, 0.05) is 27.7 Å². The van der Waals surface area contributed by atoms with Gasteiger partial charge in [0.2, 0.25) is 0 Å². The lowest BCUT2D eigenvalue weighted by molar-refractivity contribution is 1.15. The van der Waals surface area contributed by atoms with E-state index in [9.17, 15) is 0 Å². The summed E-state index contributed by atoms with van der Waals surface area (Å²) >= 11 is 5.85. The van der Waals surface area contributed by atoms with Crippen molar-refractivity contribution in [2.24, 2.45) is 5.10 Å². The molecule has 3 rings (SSSR count). The third-order valence-electron chi connectivity index (χ3n) is 3.46. The monoisotopic (exact) mass is 297 g/mol. The molecule has 3 aromatic rings. The second kappa shape index (κ2) is 6.02. The highest BCUT2D eigenvalue weighted by Gasteiger charge is 2.04. The van der Waals surface area contributed by atoms with Crippen LogP contribution in [0.15, 0.2) is 53.8 Å². The normalized spacial score (nSPS) is 11.3. The van der Waals surface area contributed by atoms with Crippen molar-refractivity contribution < 1.29 is 0 Å². The fraction of sp³-hybridized carbons (Fsp3) is 0.118. The molecule has 2 N–H and O–H groups in total. The minimum atomic E-state index is 0.716. The summed E-state index contributed by atoms with van der Waals surface area (Å²) in [5.74, 6) is 0. The fourth-order valence-corrected chi connectivity index (χ4v) is 2.47. The molecule has 0 radical (unpaired) electrons. The zero-order valence-corrected chi connectivity index (χ0v) is 12.5. The molecule has 4 heteroatoms. The van der Waals surface area contributed by atoms with E-state index >= 15 is 0 Å². The average Bonchev–Trinajstić information content (AvgIpc) is 2.92. The third kappa shape index (κ3) is 2.93. The summed E-state index contributed by atoms with van der Waals surface area (Å²) in [5, 5.41) is 6.19. The van der Waals surface area contributed by atoms with E-state index in [1.54, 1.807) is 0 Å². The summed E-state index contributed by atoms with van der Waals surface area (Å²) in [5.41, 5.74) is 7.48. The summed E-state index contributed by atoms with van der Waals surface area (Å²) < 4.78 is 0. The topological polar surface area (TPSA) is 40.2 Å². The predicted molar refractivity (Wildman–Crippen MR) is 90.3 cm³/mol. The minimum absolute atomic E-state index is 0.716. The first kappa shape index (κ1) is 13.7. The maximum absolute atomic E-state index is 5.85. The Balaban J connectivity index is 1.81. The highest BCUT2D eigenvalue weighted by Crippen LogP contribution is 2.21. The van der Waals surface area contributed by atoms with E-state index in [4.69, 9.17) is 11.6 Å². The summed E-state index contributed by atoms with van der Waals surface area (Å²) in [4.78, 5) is 3.33. The van der Waals surface area contributed by atoms with Crippen molar-refractivity contribution in [2.75, 3.05) is 5.43 Å². The van der Waals surface area contributed by atoms with Crippen LogP contribution in [0.3, 0.4) is 0 Å². The van der Waals surface area contributed by atoms with Crippen LogP contribution in [-0.4, -0.2) is 11.2 Å². The number of hydrogen-bond donors (Lipinski definition) is 2. The average molecular weight is 298 g/mol. The number of hydrazone groups is 1. The number of rotatable bonds is 4. The quantitative estimate of drug-likeness (QED) is 0.525. The number of benzene rings is 2. The second-order valence-electron chi connectivity index (χ2n) is 4.81. The highest BCUT2D eigenvalue weighted by atomic mass is 35.5. The van der Waals surface area contributed by atoms with Crippen LogP contribution >= 0.6 is 11.6 Å². The Morgan fingerprint density at radius 3 is 2.76 bits per heavy atom. The summed E-state index contributed by atoms with van der Waals surface area (Å²) in [6.45, 7) is 2.16. The predicted octanol–water partition coefficient (Wildman–Crippen LogP) is 4.83. The van der Waals surface area contributed by atoms with E-state index in [0.717, 1.165) is 17.7 Å². The van der Waals surface area contributed by atoms with Crippen LogP contribution in [-0.2, 0) is 6.42 Å². The number of anilines is 1. The largest absolute Gasteiger partial charge is 0.360 e. The maximum Gasteiger partial charge on any atom is 0.0566 e. The summed E-state index contributed by atoms with van der Waals surface area (Å²) in [6.07, 6.45) is 4.82. The van der Waals surface area contributed by atoms with Crippen LogP contribution in [0.1, 0.15) is 18.1 Å². The number of H-pyrrole nitrogens is 1. The molecule has 1 heterocycles. The summed E-state index contributed by atoms with van der Waals surface area (Å²) in [7, 11) is 0. The van der Waals surface area contributed by atoms with Gasteiger partial charge in [-0.1, -0.05) is 36.7 Å². The molecule has 0 atom stereocenters. The van der Waals surface area contributed by atoms with Gasteiger partial charge in [-0.3, -0.25) is 5.43 Å². The molecule has 0 aliphatic rings. The first-order chi connectivity index (χ1) is 10.3. The van der Waals surface area contributed by atoms with E-state index in [2.05, 4.69) is 40.6 Å². The number of aryl methyl sites for hydroxylation is 1. The number of hydrogen-bond acceptors (Lipinski definition) is 2. The molecule has 0 amide bonds. The van der Waals surface area contributed by atoms with Gasteiger partial charge < -0.3 is 4.98 Å². The standard InChI is InChI=1S/C17H16ClN3/c1-2-12-4-3-5-16-13(10-19-17(12)16)11-20-21-15-8-6-14(18)7-9-15/h3-11,19,21H,2H2,1H3. The van der Waals surface area contributed by atoms with Gasteiger partial charge in [-0.25, -0.2) is 0 Å². The first-order valence-electron chi connectivity index (χ1n) is 6.91. The number of nitrogens with zero attached hydrogens (tertiary/aromatic N) is 1. The highest BCUT2D eigenvalue weighted by molar-refractivity contribution is 6.30. The van der Waals surface area contributed by atoms with E-state index in [-0.39, 0.29) is 0 Å². The van der Waals surface area contributed by atoms with E-state index in [0.29, 0.717) is 5.02 Å². The van der Waals surface area contributed by atoms with Crippen molar-refractivity contribution in [1.82, 2.24) is 4.98 Å². The van der Waals surface area contributed by atoms with Crippen molar-refractivity contribution in [1.29, 1.82) is 0 Å². The number of para-hydroxylation sites is 1. The lowest BCUT2D eigenvalue weighted by Gasteiger charge is -2.00. The van der Waals surface area contributed by atoms with Gasteiger partial charge in [-0.2, -0.15) is 5.10 Å². The van der Waals surface area contributed by atoms with Crippen molar-refractivity contribution in [3.63, 3.8) is 0 Å². The molecule has 21 heavy (non-hydrogen) atoms. The molecule has 0 aliphatic carbocycles. The van der Waals surface area contributed by atoms with E-state index in [1.807, 2.05) is 36.7 Å². The van der Waals surface area contributed by atoms with Gasteiger partial charge in [-0.15, -0.1) is 0 Å². The van der Waals surface area contributed by atoms with Crippen LogP contribution in [0, 0.1) is 0 Å². The molecule has 1 aromatic heterocycles. The van der Waals surface area contributed by atoms with Gasteiger partial charge in [0.25, 0.3) is 0 Å². The molecular weight excluding hydrogens is 282 g/mol. The van der Waals surface area contributed by atoms with Gasteiger partial charge >= 0.3 is 0 Å². The van der Waals surface area contributed by atoms with E-state index in [1.165, 1.54) is 16.5 Å². The first-order valence-corrected chi connectivity index (χ1v) is 7.29. The zero-order valence-electron chi connectivity index (χ0n) is 11.7. The second-order valence-corrected chi connectivity index (χ2v) is 5.25. The van der Waals surface area contributed by atoms with Crippen molar-refractivity contribution in [3.8, 4) is 0 Å². The number of aromatic amines is 1. The Morgan fingerprint density at radius 1 is 1.19 bits per heavy atom. The molecule has 2 aromatic carbocycles. The fourth-order valence-electron chi connectivity index (χ4n) is 2.34. The molecule has 0 unspecified atom stereocenters. The molecule has 106 valence electrons. The smallest absolute Gasteiger partial charge is 0.0566 e. The molecule has 0 bridgehead atoms. The van der Waals surface area contributed by atoms with Crippen molar-refractivity contribution >= 4 is 34.4 Å². The van der Waals surface area contributed by atoms with Gasteiger partial charge in [-0.05, 0) is 36.2 Å². The van der Waals surface area contributed by atoms with Gasteiger partial charge in [0.05, 0.1) is 11.9 Å². The van der Waals surface area contributed by atoms with Crippen LogP contribution in [0.5, 0.6) is 0 Å². The number of fused-ring (bicyclic) bond motifs is 1. The molecule has 0 spiro atoms. The van der Waals surface area contributed by atoms with Crippen LogP contribution in [0.25, 0.3) is 10.9 Å². The number of nitrogens with one attached hydrogen (secondary N) is 2. The van der Waals surface area contributed by atoms with Crippen molar-refractivity contribution in [2.45, 2.75) is 13.3 Å². The number of halogens is 1. The molecule has 0 fully saturated rings. The van der Waals surface area contributed by atoms with E-state index < -0.39 is 0 Å². The lowest BCUT2D eigenvalue weighted by Crippen LogP contribution is -1.89. The van der Waals surface area contributed by atoms with Gasteiger partial charge in [0.1, 0.15) is 0 Å². The molecule has 3 nitrogen and oxygen atoms in total. The molecular formula is C17H16ClN3. The van der Waals surface area contributed by atoms with Crippen molar-refractivity contribution in [3.05, 3.63) is 64.8 Å². The number of aromatic nitrogens is 1. The Morgan fingerprint density at radius 2 is 2.00 bits per heavy atom. The van der Waals surface area contributed by atoms with Crippen LogP contribution < -0.4 is 5.43 Å². The van der Waals surface area contributed by atoms with Crippen LogP contribution in [0.2, 0.25) is 5.02 Å². The molecule has 0 aliphatic heterocycles. The summed E-state index contributed by atoms with van der Waals surface area (Å²) in [6, 6.07) is 13.8. The maximum atomic E-state index is 5.85. The van der Waals surface area contributed by atoms with Gasteiger partial charge in [0.15, 0.2) is 0 Å². The third-order valence-corrected chi connectivity index (χ3v) is 3.71. The Bertz CT molecular complexity index is 772.